The fourth-order valence-electron chi connectivity index (χ4n) is 3.95. The van der Waals surface area contributed by atoms with E-state index in [4.69, 9.17) is 11.6 Å². The third-order valence-electron chi connectivity index (χ3n) is 5.83. The zero-order valence-corrected chi connectivity index (χ0v) is 23.9. The molecule has 0 bridgehead atoms. The molecule has 0 radical (unpaired) electrons. The molecule has 0 aromatic heterocycles. The summed E-state index contributed by atoms with van der Waals surface area (Å²) in [7, 11) is -4.16. The molecule has 202 valence electrons. The van der Waals surface area contributed by atoms with Crippen LogP contribution >= 0.6 is 11.6 Å². The predicted octanol–water partition coefficient (Wildman–Crippen LogP) is 5.18. The molecular weight excluding hydrogens is 522 g/mol. The van der Waals surface area contributed by atoms with Gasteiger partial charge in [0.05, 0.1) is 15.6 Å². The molecule has 0 heterocycles. The van der Waals surface area contributed by atoms with Crippen LogP contribution in [-0.4, -0.2) is 43.3 Å². The number of hydrogen-bond acceptors (Lipinski definition) is 4. The number of rotatable bonds is 9. The van der Waals surface area contributed by atoms with Gasteiger partial charge in [-0.1, -0.05) is 71.8 Å². The van der Waals surface area contributed by atoms with Gasteiger partial charge in [-0.05, 0) is 64.4 Å². The standard InChI is InChI=1S/C29H34ClN3O4S/c1-21-12-11-13-23(18-21)19-32(22(2)28(35)31-29(3,4)5)27(34)20-33(26-17-10-9-16-25(26)30)38(36,37)24-14-7-6-8-15-24/h6-18,22H,19-20H2,1-5H3,(H,31,35)/t22-/m0/s1. The molecule has 1 atom stereocenters. The van der Waals surface area contributed by atoms with Crippen molar-refractivity contribution in [2.45, 2.75) is 57.6 Å². The Morgan fingerprint density at radius 2 is 1.58 bits per heavy atom. The number of sulfonamides is 1. The van der Waals surface area contributed by atoms with Crippen LogP contribution in [0.4, 0.5) is 5.69 Å². The minimum atomic E-state index is -4.16. The molecule has 3 rings (SSSR count). The minimum Gasteiger partial charge on any atom is -0.350 e. The smallest absolute Gasteiger partial charge is 0.264 e. The van der Waals surface area contributed by atoms with E-state index in [1.807, 2.05) is 52.0 Å². The van der Waals surface area contributed by atoms with E-state index in [9.17, 15) is 18.0 Å². The Morgan fingerprint density at radius 3 is 2.18 bits per heavy atom. The summed E-state index contributed by atoms with van der Waals surface area (Å²) in [5.74, 6) is -0.879. The van der Waals surface area contributed by atoms with Crippen molar-refractivity contribution in [1.29, 1.82) is 0 Å². The summed E-state index contributed by atoms with van der Waals surface area (Å²) in [4.78, 5) is 28.5. The number of amides is 2. The van der Waals surface area contributed by atoms with Crippen molar-refractivity contribution in [3.05, 3.63) is 95.0 Å². The van der Waals surface area contributed by atoms with Crippen LogP contribution in [0, 0.1) is 6.92 Å². The summed E-state index contributed by atoms with van der Waals surface area (Å²) in [6.07, 6.45) is 0. The number of hydrogen-bond donors (Lipinski definition) is 1. The highest BCUT2D eigenvalue weighted by atomic mass is 35.5. The molecule has 0 unspecified atom stereocenters. The summed E-state index contributed by atoms with van der Waals surface area (Å²) in [5, 5.41) is 3.10. The Balaban J connectivity index is 2.04. The molecule has 1 N–H and O–H groups in total. The van der Waals surface area contributed by atoms with E-state index < -0.39 is 34.1 Å². The lowest BCUT2D eigenvalue weighted by atomic mass is 10.1. The van der Waals surface area contributed by atoms with Gasteiger partial charge in [-0.2, -0.15) is 0 Å². The average Bonchev–Trinajstić information content (AvgIpc) is 2.85. The zero-order chi connectivity index (χ0) is 28.1. The topological polar surface area (TPSA) is 86.8 Å². The predicted molar refractivity (Wildman–Crippen MR) is 152 cm³/mol. The second-order valence-corrected chi connectivity index (χ2v) is 12.5. The van der Waals surface area contributed by atoms with Crippen LogP contribution in [0.15, 0.2) is 83.8 Å². The first-order chi connectivity index (χ1) is 17.8. The number of carbonyl (C=O) groups excluding carboxylic acids is 2. The summed E-state index contributed by atoms with van der Waals surface area (Å²) < 4.78 is 28.5. The van der Waals surface area contributed by atoms with Crippen LogP contribution in [-0.2, 0) is 26.2 Å². The molecule has 9 heteroatoms. The first-order valence-electron chi connectivity index (χ1n) is 12.3. The number of nitrogens with zero attached hydrogens (tertiary/aromatic N) is 2. The molecule has 0 aliphatic heterocycles. The van der Waals surface area contributed by atoms with E-state index in [0.29, 0.717) is 0 Å². The first-order valence-corrected chi connectivity index (χ1v) is 14.1. The van der Waals surface area contributed by atoms with Crippen molar-refractivity contribution in [2.75, 3.05) is 10.8 Å². The highest BCUT2D eigenvalue weighted by molar-refractivity contribution is 7.92. The fraction of sp³-hybridized carbons (Fsp3) is 0.310. The number of benzene rings is 3. The molecular formula is C29H34ClN3O4S. The monoisotopic (exact) mass is 555 g/mol. The molecule has 2 amide bonds. The fourth-order valence-corrected chi connectivity index (χ4v) is 5.69. The maximum absolute atomic E-state index is 13.9. The maximum Gasteiger partial charge on any atom is 0.264 e. The highest BCUT2D eigenvalue weighted by Crippen LogP contribution is 2.30. The van der Waals surface area contributed by atoms with Crippen LogP contribution in [0.2, 0.25) is 5.02 Å². The Hall–Kier alpha value is -3.36. The SMILES string of the molecule is Cc1cccc(CN(C(=O)CN(c2ccccc2Cl)S(=O)(=O)c2ccccc2)[C@@H](C)C(=O)NC(C)(C)C)c1. The molecule has 7 nitrogen and oxygen atoms in total. The average molecular weight is 556 g/mol. The Kier molecular flexibility index (Phi) is 9.22. The quantitative estimate of drug-likeness (QED) is 0.394. The van der Waals surface area contributed by atoms with E-state index in [-0.39, 0.29) is 28.1 Å². The second kappa shape index (κ2) is 12.0. The third kappa shape index (κ3) is 7.36. The highest BCUT2D eigenvalue weighted by Gasteiger charge is 2.34. The summed E-state index contributed by atoms with van der Waals surface area (Å²) in [5.41, 5.74) is 1.49. The number of aryl methyl sites for hydroxylation is 1. The normalized spacial score (nSPS) is 12.5. The molecule has 3 aromatic rings. The lowest BCUT2D eigenvalue weighted by molar-refractivity contribution is -0.140. The van der Waals surface area contributed by atoms with E-state index in [1.165, 1.54) is 17.0 Å². The minimum absolute atomic E-state index is 0.0245. The number of carbonyl (C=O) groups is 2. The number of nitrogens with one attached hydrogen (secondary N) is 1. The molecule has 3 aromatic carbocycles. The van der Waals surface area contributed by atoms with Crippen LogP contribution in [0.3, 0.4) is 0 Å². The van der Waals surface area contributed by atoms with Gasteiger partial charge in [0, 0.05) is 12.1 Å². The van der Waals surface area contributed by atoms with Gasteiger partial charge in [-0.15, -0.1) is 0 Å². The zero-order valence-electron chi connectivity index (χ0n) is 22.3. The van der Waals surface area contributed by atoms with Crippen LogP contribution in [0.25, 0.3) is 0 Å². The van der Waals surface area contributed by atoms with E-state index >= 15 is 0 Å². The third-order valence-corrected chi connectivity index (χ3v) is 7.93. The van der Waals surface area contributed by atoms with Gasteiger partial charge in [0.25, 0.3) is 10.0 Å². The van der Waals surface area contributed by atoms with Gasteiger partial charge in [0.2, 0.25) is 11.8 Å². The number of para-hydroxylation sites is 1. The van der Waals surface area contributed by atoms with Gasteiger partial charge >= 0.3 is 0 Å². The first kappa shape index (κ1) is 29.2. The molecule has 38 heavy (non-hydrogen) atoms. The molecule has 0 aliphatic rings. The lowest BCUT2D eigenvalue weighted by Gasteiger charge is -2.33. The van der Waals surface area contributed by atoms with E-state index in [2.05, 4.69) is 5.32 Å². The summed E-state index contributed by atoms with van der Waals surface area (Å²) >= 11 is 6.41. The van der Waals surface area contributed by atoms with Crippen LogP contribution in [0.5, 0.6) is 0 Å². The maximum atomic E-state index is 13.9. The summed E-state index contributed by atoms with van der Waals surface area (Å²) in [6.45, 7) is 8.74. The Bertz CT molecular complexity index is 1390. The van der Waals surface area contributed by atoms with Crippen molar-refractivity contribution in [1.82, 2.24) is 10.2 Å². The van der Waals surface area contributed by atoms with Crippen LogP contribution < -0.4 is 9.62 Å². The van der Waals surface area contributed by atoms with Gasteiger partial charge in [0.15, 0.2) is 0 Å². The van der Waals surface area contributed by atoms with Gasteiger partial charge in [0.1, 0.15) is 12.6 Å². The molecule has 0 fully saturated rings. The van der Waals surface area contributed by atoms with E-state index in [1.54, 1.807) is 49.4 Å². The van der Waals surface area contributed by atoms with Gasteiger partial charge in [-0.3, -0.25) is 13.9 Å². The van der Waals surface area contributed by atoms with Crippen molar-refractivity contribution in [2.24, 2.45) is 0 Å². The Labute approximate surface area is 230 Å². The largest absolute Gasteiger partial charge is 0.350 e. The Morgan fingerprint density at radius 1 is 0.947 bits per heavy atom. The van der Waals surface area contributed by atoms with Crippen molar-refractivity contribution < 1.29 is 18.0 Å². The van der Waals surface area contributed by atoms with Crippen molar-refractivity contribution >= 4 is 39.1 Å². The number of anilines is 1. The van der Waals surface area contributed by atoms with E-state index in [0.717, 1.165) is 15.4 Å². The number of halogens is 1. The second-order valence-electron chi connectivity index (χ2n) is 10.2. The molecule has 0 spiro atoms. The molecule has 0 saturated carbocycles. The molecule has 0 aliphatic carbocycles. The van der Waals surface area contributed by atoms with Crippen molar-refractivity contribution in [3.8, 4) is 0 Å². The van der Waals surface area contributed by atoms with Gasteiger partial charge < -0.3 is 10.2 Å². The lowest BCUT2D eigenvalue weighted by Crippen LogP contribution is -2.54. The summed E-state index contributed by atoms with van der Waals surface area (Å²) in [6, 6.07) is 21.1. The van der Waals surface area contributed by atoms with Crippen molar-refractivity contribution in [3.63, 3.8) is 0 Å². The molecule has 0 saturated heterocycles. The van der Waals surface area contributed by atoms with Crippen LogP contribution in [0.1, 0.15) is 38.8 Å². The van der Waals surface area contributed by atoms with Gasteiger partial charge in [-0.25, -0.2) is 8.42 Å².